The van der Waals surface area contributed by atoms with Gasteiger partial charge in [-0.1, -0.05) is 37.4 Å². The van der Waals surface area contributed by atoms with E-state index >= 15 is 0 Å². The van der Waals surface area contributed by atoms with E-state index in [1.54, 1.807) is 24.3 Å². The lowest BCUT2D eigenvalue weighted by molar-refractivity contribution is -0.129. The first-order chi connectivity index (χ1) is 17.5. The lowest BCUT2D eigenvalue weighted by Crippen LogP contribution is -2.02. The van der Waals surface area contributed by atoms with Gasteiger partial charge < -0.3 is 9.47 Å². The van der Waals surface area contributed by atoms with Crippen LogP contribution in [0.2, 0.25) is 0 Å². The number of ether oxygens (including phenoxy) is 2. The van der Waals surface area contributed by atoms with E-state index in [-0.39, 0.29) is 0 Å². The van der Waals surface area contributed by atoms with Gasteiger partial charge in [0.2, 0.25) is 0 Å². The molecular formula is C30H20N2O4. The fourth-order valence-corrected chi connectivity index (χ4v) is 3.79. The lowest BCUT2D eigenvalue weighted by atomic mass is 10.1. The molecule has 0 radical (unpaired) electrons. The molecule has 0 N–H and O–H groups in total. The number of hydrogen-bond donors (Lipinski definition) is 0. The minimum atomic E-state index is -0.507. The van der Waals surface area contributed by atoms with Crippen LogP contribution in [0.4, 0.5) is 0 Å². The lowest BCUT2D eigenvalue weighted by Gasteiger charge is -2.09. The molecule has 0 unspecified atom stereocenters. The van der Waals surface area contributed by atoms with Gasteiger partial charge in [-0.05, 0) is 60.7 Å². The topological polar surface area (TPSA) is 78.4 Å². The molecular weight excluding hydrogens is 452 g/mol. The molecule has 5 aromatic rings. The Labute approximate surface area is 207 Å². The molecule has 2 aromatic heterocycles. The summed E-state index contributed by atoms with van der Waals surface area (Å²) in [4.78, 5) is 32.7. The Morgan fingerprint density at radius 3 is 1.28 bits per heavy atom. The van der Waals surface area contributed by atoms with Gasteiger partial charge in [0.15, 0.2) is 0 Å². The maximum absolute atomic E-state index is 11.4. The van der Waals surface area contributed by atoms with Crippen molar-refractivity contribution >= 4 is 33.7 Å². The van der Waals surface area contributed by atoms with Crippen molar-refractivity contribution < 1.29 is 19.1 Å². The molecule has 0 bridgehead atoms. The van der Waals surface area contributed by atoms with E-state index < -0.39 is 11.9 Å². The van der Waals surface area contributed by atoms with Crippen LogP contribution in [0.3, 0.4) is 0 Å². The number of carbonyl (C=O) groups excluding carboxylic acids is 2. The molecule has 5 rings (SSSR count). The number of pyridine rings is 2. The number of hydrogen-bond acceptors (Lipinski definition) is 6. The van der Waals surface area contributed by atoms with Crippen LogP contribution in [0.1, 0.15) is 0 Å². The summed E-state index contributed by atoms with van der Waals surface area (Å²) in [7, 11) is 0. The summed E-state index contributed by atoms with van der Waals surface area (Å²) >= 11 is 0. The molecule has 6 nitrogen and oxygen atoms in total. The summed E-state index contributed by atoms with van der Waals surface area (Å²) in [6.45, 7) is 6.81. The van der Waals surface area contributed by atoms with Gasteiger partial charge in [0.25, 0.3) is 0 Å². The second-order valence-corrected chi connectivity index (χ2v) is 7.90. The van der Waals surface area contributed by atoms with E-state index in [0.29, 0.717) is 11.5 Å². The van der Waals surface area contributed by atoms with Gasteiger partial charge in [-0.15, -0.1) is 0 Å². The summed E-state index contributed by atoms with van der Waals surface area (Å²) in [5.41, 5.74) is 4.88. The molecule has 0 saturated heterocycles. The van der Waals surface area contributed by atoms with Crippen LogP contribution in [-0.4, -0.2) is 21.9 Å². The SMILES string of the molecule is C=CC(=O)Oc1ccc(-c2ccc3ccc4ccc(-c5ccc(OC(=O)C=C)cc5)nc4c3n2)cc1. The van der Waals surface area contributed by atoms with Gasteiger partial charge in [0, 0.05) is 34.1 Å². The maximum Gasteiger partial charge on any atom is 0.335 e. The maximum atomic E-state index is 11.4. The zero-order valence-electron chi connectivity index (χ0n) is 19.2. The number of benzene rings is 3. The van der Waals surface area contributed by atoms with Crippen molar-refractivity contribution in [2.24, 2.45) is 0 Å². The fraction of sp³-hybridized carbons (Fsp3) is 0. The van der Waals surface area contributed by atoms with Crippen molar-refractivity contribution in [1.29, 1.82) is 0 Å². The van der Waals surface area contributed by atoms with Crippen LogP contribution >= 0.6 is 0 Å². The third-order valence-electron chi connectivity index (χ3n) is 5.59. The Morgan fingerprint density at radius 2 is 0.917 bits per heavy atom. The normalized spacial score (nSPS) is 10.7. The Morgan fingerprint density at radius 1 is 0.556 bits per heavy atom. The van der Waals surface area contributed by atoms with Crippen molar-refractivity contribution in [3.05, 3.63) is 110 Å². The standard InChI is InChI=1S/C30H20N2O4/c1-3-27(33)35-23-13-7-19(8-14-23)25-17-11-21-5-6-22-12-18-26(32-30(22)29(21)31-25)20-9-15-24(16-10-20)36-28(34)4-2/h3-18H,1-2H2. The number of esters is 2. The molecule has 0 amide bonds. The minimum Gasteiger partial charge on any atom is -0.423 e. The summed E-state index contributed by atoms with van der Waals surface area (Å²) in [5.74, 6) is -0.141. The van der Waals surface area contributed by atoms with Gasteiger partial charge in [0.1, 0.15) is 11.5 Å². The zero-order valence-corrected chi connectivity index (χ0v) is 19.2. The van der Waals surface area contributed by atoms with Crippen molar-refractivity contribution in [3.8, 4) is 34.0 Å². The van der Waals surface area contributed by atoms with E-state index in [1.807, 2.05) is 60.7 Å². The van der Waals surface area contributed by atoms with Gasteiger partial charge in [0.05, 0.1) is 22.4 Å². The van der Waals surface area contributed by atoms with E-state index in [9.17, 15) is 9.59 Å². The van der Waals surface area contributed by atoms with Crippen molar-refractivity contribution in [2.45, 2.75) is 0 Å². The van der Waals surface area contributed by atoms with Crippen LogP contribution in [-0.2, 0) is 9.59 Å². The molecule has 0 saturated carbocycles. The molecule has 36 heavy (non-hydrogen) atoms. The molecule has 0 aliphatic carbocycles. The predicted molar refractivity (Wildman–Crippen MR) is 140 cm³/mol. The first-order valence-corrected chi connectivity index (χ1v) is 11.1. The van der Waals surface area contributed by atoms with Crippen LogP contribution in [0.25, 0.3) is 44.3 Å². The number of aromatic nitrogens is 2. The number of rotatable bonds is 6. The molecule has 0 aliphatic heterocycles. The molecule has 0 aliphatic rings. The van der Waals surface area contributed by atoms with Crippen LogP contribution in [0, 0.1) is 0 Å². The average molecular weight is 473 g/mol. The van der Waals surface area contributed by atoms with Crippen molar-refractivity contribution in [2.75, 3.05) is 0 Å². The Balaban J connectivity index is 1.52. The quantitative estimate of drug-likeness (QED) is 0.125. The van der Waals surface area contributed by atoms with Gasteiger partial charge >= 0.3 is 11.9 Å². The summed E-state index contributed by atoms with van der Waals surface area (Å²) in [6.07, 6.45) is 2.24. The molecule has 0 fully saturated rings. The highest BCUT2D eigenvalue weighted by Gasteiger charge is 2.10. The molecule has 6 heteroatoms. The van der Waals surface area contributed by atoms with Crippen molar-refractivity contribution in [3.63, 3.8) is 0 Å². The monoisotopic (exact) mass is 472 g/mol. The van der Waals surface area contributed by atoms with Gasteiger partial charge in [-0.3, -0.25) is 0 Å². The summed E-state index contributed by atoms with van der Waals surface area (Å²) in [5, 5.41) is 1.94. The first-order valence-electron chi connectivity index (χ1n) is 11.1. The van der Waals surface area contributed by atoms with Crippen LogP contribution in [0.5, 0.6) is 11.5 Å². The molecule has 3 aromatic carbocycles. The minimum absolute atomic E-state index is 0.437. The van der Waals surface area contributed by atoms with Crippen LogP contribution in [0.15, 0.2) is 110 Å². The van der Waals surface area contributed by atoms with Gasteiger partial charge in [-0.25, -0.2) is 19.6 Å². The number of nitrogens with zero attached hydrogens (tertiary/aromatic N) is 2. The Bertz CT molecular complexity index is 1510. The highest BCUT2D eigenvalue weighted by Crippen LogP contribution is 2.30. The largest absolute Gasteiger partial charge is 0.423 e. The second-order valence-electron chi connectivity index (χ2n) is 7.90. The average Bonchev–Trinajstić information content (AvgIpc) is 2.93. The molecule has 2 heterocycles. The van der Waals surface area contributed by atoms with E-state index in [1.165, 1.54) is 0 Å². The summed E-state index contributed by atoms with van der Waals surface area (Å²) < 4.78 is 10.3. The van der Waals surface area contributed by atoms with E-state index in [2.05, 4.69) is 13.2 Å². The van der Waals surface area contributed by atoms with E-state index in [4.69, 9.17) is 19.4 Å². The Kier molecular flexibility index (Phi) is 6.07. The van der Waals surface area contributed by atoms with E-state index in [0.717, 1.165) is 56.5 Å². The highest BCUT2D eigenvalue weighted by atomic mass is 16.5. The molecule has 0 atom stereocenters. The summed E-state index contributed by atoms with van der Waals surface area (Å²) in [6, 6.07) is 26.3. The molecule has 174 valence electrons. The third kappa shape index (κ3) is 4.60. The second kappa shape index (κ2) is 9.64. The zero-order chi connectivity index (χ0) is 25.1. The van der Waals surface area contributed by atoms with Crippen LogP contribution < -0.4 is 9.47 Å². The van der Waals surface area contributed by atoms with Crippen molar-refractivity contribution in [1.82, 2.24) is 9.97 Å². The fourth-order valence-electron chi connectivity index (χ4n) is 3.79. The third-order valence-corrected chi connectivity index (χ3v) is 5.59. The molecule has 0 spiro atoms. The Hall–Kier alpha value is -5.10. The predicted octanol–water partition coefficient (Wildman–Crippen LogP) is 6.30. The van der Waals surface area contributed by atoms with Gasteiger partial charge in [-0.2, -0.15) is 0 Å². The highest BCUT2D eigenvalue weighted by molar-refractivity contribution is 6.04. The number of carbonyl (C=O) groups is 2. The number of fused-ring (bicyclic) bond motifs is 3. The smallest absolute Gasteiger partial charge is 0.335 e. The first kappa shape index (κ1) is 22.7.